The van der Waals surface area contributed by atoms with Crippen LogP contribution in [-0.4, -0.2) is 33.6 Å². The smallest absolute Gasteiger partial charge is 0.111 e. The summed E-state index contributed by atoms with van der Waals surface area (Å²) in [7, 11) is 0. The average Bonchev–Trinajstić information content (AvgIpc) is 2.68. The minimum atomic E-state index is 0.546. The van der Waals surface area contributed by atoms with Crippen LogP contribution in [0.4, 0.5) is 0 Å². The Morgan fingerprint density at radius 3 is 2.95 bits per heavy atom. The summed E-state index contributed by atoms with van der Waals surface area (Å²) in [5.74, 6) is 1.23. The molecule has 0 saturated heterocycles. The van der Waals surface area contributed by atoms with Gasteiger partial charge in [0.2, 0.25) is 0 Å². The number of nitrogens with zero attached hydrogens (tertiary/aromatic N) is 3. The second kappa shape index (κ2) is 5.41. The number of imidazole rings is 1. The number of hydrogen-bond donors (Lipinski definition) is 0. The summed E-state index contributed by atoms with van der Waals surface area (Å²) in [4.78, 5) is 7.35. The van der Waals surface area contributed by atoms with E-state index < -0.39 is 0 Å². The van der Waals surface area contributed by atoms with Gasteiger partial charge in [0.1, 0.15) is 5.82 Å². The van der Waals surface area contributed by atoms with E-state index in [0.29, 0.717) is 6.04 Å². The Labute approximate surface area is 120 Å². The molecule has 1 atom stereocenters. The first-order valence-electron chi connectivity index (χ1n) is 7.46. The van der Waals surface area contributed by atoms with E-state index in [1.165, 1.54) is 16.9 Å². The summed E-state index contributed by atoms with van der Waals surface area (Å²) in [6, 6.07) is 9.02. The lowest BCUT2D eigenvalue weighted by Crippen LogP contribution is -2.35. The van der Waals surface area contributed by atoms with Crippen molar-refractivity contribution in [3.05, 3.63) is 41.7 Å². The first-order chi connectivity index (χ1) is 9.65. The van der Waals surface area contributed by atoms with Crippen LogP contribution in [0.25, 0.3) is 11.0 Å². The van der Waals surface area contributed by atoms with Crippen LogP contribution in [0, 0.1) is 0 Å². The van der Waals surface area contributed by atoms with Crippen molar-refractivity contribution in [1.82, 2.24) is 14.5 Å². The quantitative estimate of drug-likeness (QED) is 0.780. The lowest BCUT2D eigenvalue weighted by molar-refractivity contribution is 0.228. The highest BCUT2D eigenvalue weighted by Gasteiger charge is 2.21. The fraction of sp³-hybridized carbons (Fsp3) is 0.471. The second-order valence-corrected chi connectivity index (χ2v) is 6.00. The molecule has 2 aromatic rings. The predicted molar refractivity (Wildman–Crippen MR) is 83.9 cm³/mol. The van der Waals surface area contributed by atoms with Gasteiger partial charge in [-0.15, -0.1) is 0 Å². The minimum absolute atomic E-state index is 0.546. The third-order valence-electron chi connectivity index (χ3n) is 4.16. The van der Waals surface area contributed by atoms with Crippen LogP contribution < -0.4 is 0 Å². The highest BCUT2D eigenvalue weighted by Crippen LogP contribution is 2.21. The zero-order valence-electron chi connectivity index (χ0n) is 12.6. The van der Waals surface area contributed by atoms with Crippen molar-refractivity contribution in [2.24, 2.45) is 0 Å². The Balaban J connectivity index is 1.88. The minimum Gasteiger partial charge on any atom is -0.326 e. The van der Waals surface area contributed by atoms with Gasteiger partial charge in [0.25, 0.3) is 0 Å². The number of fused-ring (bicyclic) bond motifs is 3. The zero-order chi connectivity index (χ0) is 14.1. The maximum absolute atomic E-state index is 4.80. The summed E-state index contributed by atoms with van der Waals surface area (Å²) >= 11 is 0. The maximum atomic E-state index is 4.80. The van der Waals surface area contributed by atoms with Gasteiger partial charge >= 0.3 is 0 Å². The topological polar surface area (TPSA) is 21.1 Å². The zero-order valence-corrected chi connectivity index (χ0v) is 12.6. The van der Waals surface area contributed by atoms with Crippen LogP contribution in [0.15, 0.2) is 35.9 Å². The molecule has 3 nitrogen and oxygen atoms in total. The van der Waals surface area contributed by atoms with E-state index in [0.717, 1.165) is 31.6 Å². The van der Waals surface area contributed by atoms with Crippen LogP contribution in [0.2, 0.25) is 0 Å². The van der Waals surface area contributed by atoms with E-state index in [-0.39, 0.29) is 0 Å². The summed E-state index contributed by atoms with van der Waals surface area (Å²) < 4.78 is 2.41. The fourth-order valence-electron chi connectivity index (χ4n) is 2.93. The molecule has 0 N–H and O–H groups in total. The van der Waals surface area contributed by atoms with Crippen molar-refractivity contribution in [3.8, 4) is 0 Å². The van der Waals surface area contributed by atoms with Crippen molar-refractivity contribution in [2.45, 2.75) is 39.8 Å². The number of hydrogen-bond acceptors (Lipinski definition) is 2. The van der Waals surface area contributed by atoms with Crippen LogP contribution in [0.1, 0.15) is 26.6 Å². The molecule has 3 rings (SSSR count). The molecule has 3 heteroatoms. The molecule has 2 heterocycles. The van der Waals surface area contributed by atoms with Gasteiger partial charge in [0.05, 0.1) is 11.0 Å². The molecule has 1 aromatic heterocycles. The number of rotatable bonds is 2. The molecule has 0 bridgehead atoms. The largest absolute Gasteiger partial charge is 0.326 e. The number of allylic oxidation sites excluding steroid dienone is 1. The number of para-hydroxylation sites is 2. The molecular formula is C17H23N3. The molecule has 1 aromatic carbocycles. The lowest BCUT2D eigenvalue weighted by Gasteiger charge is -2.25. The van der Waals surface area contributed by atoms with Gasteiger partial charge in [-0.3, -0.25) is 4.90 Å². The molecule has 0 aliphatic carbocycles. The van der Waals surface area contributed by atoms with E-state index in [2.05, 4.69) is 60.6 Å². The van der Waals surface area contributed by atoms with Crippen molar-refractivity contribution in [3.63, 3.8) is 0 Å². The van der Waals surface area contributed by atoms with E-state index in [1.807, 2.05) is 0 Å². The maximum Gasteiger partial charge on any atom is 0.111 e. The van der Waals surface area contributed by atoms with Gasteiger partial charge in [-0.25, -0.2) is 4.98 Å². The first-order valence-corrected chi connectivity index (χ1v) is 7.46. The highest BCUT2D eigenvalue weighted by atomic mass is 15.2. The Bertz CT molecular complexity index is 635. The van der Waals surface area contributed by atoms with Gasteiger partial charge in [-0.1, -0.05) is 23.8 Å². The monoisotopic (exact) mass is 269 g/mol. The Hall–Kier alpha value is -1.61. The molecule has 0 amide bonds. The van der Waals surface area contributed by atoms with Gasteiger partial charge in [-0.05, 0) is 32.9 Å². The molecule has 20 heavy (non-hydrogen) atoms. The van der Waals surface area contributed by atoms with Crippen LogP contribution in [0.5, 0.6) is 0 Å². The highest BCUT2D eigenvalue weighted by molar-refractivity contribution is 5.75. The molecule has 1 aliphatic heterocycles. The SMILES string of the molecule is CC(C)=CCN1CCc2nc3ccccc3n2CC1C. The molecule has 106 valence electrons. The van der Waals surface area contributed by atoms with E-state index in [4.69, 9.17) is 4.98 Å². The average molecular weight is 269 g/mol. The standard InChI is InChI=1S/C17H23N3/c1-13(2)8-10-19-11-9-17-18-15-6-4-5-7-16(15)20(17)12-14(19)3/h4-8,14H,9-12H2,1-3H3. The Morgan fingerprint density at radius 2 is 2.15 bits per heavy atom. The fourth-order valence-corrected chi connectivity index (χ4v) is 2.93. The van der Waals surface area contributed by atoms with Crippen molar-refractivity contribution >= 4 is 11.0 Å². The second-order valence-electron chi connectivity index (χ2n) is 6.00. The summed E-state index contributed by atoms with van der Waals surface area (Å²) in [6.45, 7) is 9.83. The molecule has 0 fully saturated rings. The predicted octanol–water partition coefficient (Wildman–Crippen LogP) is 3.25. The number of benzene rings is 1. The summed E-state index contributed by atoms with van der Waals surface area (Å²) in [5, 5.41) is 0. The van der Waals surface area contributed by atoms with E-state index in [9.17, 15) is 0 Å². The van der Waals surface area contributed by atoms with Gasteiger partial charge in [0, 0.05) is 32.1 Å². The van der Waals surface area contributed by atoms with Crippen LogP contribution >= 0.6 is 0 Å². The molecule has 1 unspecified atom stereocenters. The van der Waals surface area contributed by atoms with Gasteiger partial charge < -0.3 is 4.57 Å². The first kappa shape index (κ1) is 13.4. The molecule has 1 aliphatic rings. The summed E-state index contributed by atoms with van der Waals surface area (Å²) in [6.07, 6.45) is 3.36. The molecule has 0 spiro atoms. The molecule has 0 saturated carbocycles. The van der Waals surface area contributed by atoms with Crippen molar-refractivity contribution < 1.29 is 0 Å². The normalized spacial score (nSPS) is 19.6. The summed E-state index contributed by atoms with van der Waals surface area (Å²) in [5.41, 5.74) is 3.80. The lowest BCUT2D eigenvalue weighted by atomic mass is 10.2. The van der Waals surface area contributed by atoms with Crippen LogP contribution in [0.3, 0.4) is 0 Å². The molecular weight excluding hydrogens is 246 g/mol. The van der Waals surface area contributed by atoms with Crippen molar-refractivity contribution in [1.29, 1.82) is 0 Å². The van der Waals surface area contributed by atoms with E-state index >= 15 is 0 Å². The third-order valence-corrected chi connectivity index (χ3v) is 4.16. The Kier molecular flexibility index (Phi) is 3.62. The van der Waals surface area contributed by atoms with E-state index in [1.54, 1.807) is 0 Å². The third kappa shape index (κ3) is 2.50. The Morgan fingerprint density at radius 1 is 1.35 bits per heavy atom. The molecule has 0 radical (unpaired) electrons. The number of aromatic nitrogens is 2. The van der Waals surface area contributed by atoms with Gasteiger partial charge in [0.15, 0.2) is 0 Å². The van der Waals surface area contributed by atoms with Gasteiger partial charge in [-0.2, -0.15) is 0 Å². The van der Waals surface area contributed by atoms with Crippen molar-refractivity contribution in [2.75, 3.05) is 13.1 Å². The van der Waals surface area contributed by atoms with Crippen LogP contribution in [-0.2, 0) is 13.0 Å².